The number of carbonyl (C=O) groups excluding carboxylic acids is 3. The molecule has 0 radical (unpaired) electrons. The average Bonchev–Trinajstić information content (AvgIpc) is 2.66. The van der Waals surface area contributed by atoms with Gasteiger partial charge in [-0.1, -0.05) is 12.1 Å². The molecule has 1 aliphatic heterocycles. The second-order valence-corrected chi connectivity index (χ2v) is 6.30. The zero-order chi connectivity index (χ0) is 19.1. The number of hydrogen-bond donors (Lipinski definition) is 2. The quantitative estimate of drug-likeness (QED) is 0.824. The number of nitrogens with one attached hydrogen (secondary N) is 2. The number of rotatable bonds is 5. The Morgan fingerprint density at radius 2 is 1.92 bits per heavy atom. The first kappa shape index (κ1) is 19.7. The highest BCUT2D eigenvalue weighted by Gasteiger charge is 2.27. The lowest BCUT2D eigenvalue weighted by molar-refractivity contribution is -0.134. The summed E-state index contributed by atoms with van der Waals surface area (Å²) in [5, 5.41) is 5.17. The van der Waals surface area contributed by atoms with Crippen molar-refractivity contribution in [3.63, 3.8) is 0 Å². The Bertz CT molecular complexity index is 672. The van der Waals surface area contributed by atoms with Crippen LogP contribution in [0.1, 0.15) is 24.0 Å². The van der Waals surface area contributed by atoms with Crippen LogP contribution in [0.3, 0.4) is 0 Å². The number of nitrogens with zero attached hydrogens (tertiary/aromatic N) is 1. The van der Waals surface area contributed by atoms with E-state index in [1.54, 1.807) is 24.0 Å². The maximum atomic E-state index is 13.5. The number of benzene rings is 1. The normalized spacial score (nSPS) is 14.7. The Labute approximate surface area is 151 Å². The third-order valence-electron chi connectivity index (χ3n) is 4.49. The lowest BCUT2D eigenvalue weighted by atomic mass is 9.95. The summed E-state index contributed by atoms with van der Waals surface area (Å²) in [5.41, 5.74) is 1.28. The van der Waals surface area contributed by atoms with Crippen LogP contribution in [0.4, 0.5) is 9.18 Å². The summed E-state index contributed by atoms with van der Waals surface area (Å²) in [6.07, 6.45) is 0.455. The molecule has 0 spiro atoms. The predicted molar refractivity (Wildman–Crippen MR) is 92.7 cm³/mol. The molecule has 1 aromatic rings. The minimum Gasteiger partial charge on any atom is -0.453 e. The molecule has 1 aliphatic rings. The van der Waals surface area contributed by atoms with Crippen molar-refractivity contribution in [3.8, 4) is 0 Å². The Hall–Kier alpha value is -2.64. The van der Waals surface area contributed by atoms with Crippen molar-refractivity contribution in [2.45, 2.75) is 26.3 Å². The molecule has 0 atom stereocenters. The summed E-state index contributed by atoms with van der Waals surface area (Å²) in [7, 11) is 1.23. The van der Waals surface area contributed by atoms with E-state index in [0.717, 1.165) is 0 Å². The molecule has 2 N–H and O–H groups in total. The van der Waals surface area contributed by atoms with Gasteiger partial charge in [0.25, 0.3) is 0 Å². The van der Waals surface area contributed by atoms with Gasteiger partial charge in [0.15, 0.2) is 0 Å². The lowest BCUT2D eigenvalue weighted by Gasteiger charge is -2.31. The third-order valence-corrected chi connectivity index (χ3v) is 4.49. The summed E-state index contributed by atoms with van der Waals surface area (Å²) in [4.78, 5) is 36.9. The van der Waals surface area contributed by atoms with Crippen LogP contribution in [-0.2, 0) is 20.9 Å². The van der Waals surface area contributed by atoms with Crippen LogP contribution < -0.4 is 10.6 Å². The van der Waals surface area contributed by atoms with Gasteiger partial charge in [0.05, 0.1) is 7.11 Å². The molecule has 1 saturated heterocycles. The number of carbonyl (C=O) groups is 3. The molecule has 0 unspecified atom stereocenters. The van der Waals surface area contributed by atoms with Crippen molar-refractivity contribution in [1.82, 2.24) is 15.5 Å². The number of hydrogen-bond acceptors (Lipinski definition) is 4. The van der Waals surface area contributed by atoms with Crippen molar-refractivity contribution in [2.75, 3.05) is 26.7 Å². The molecule has 3 amide bonds. The lowest BCUT2D eigenvalue weighted by Crippen LogP contribution is -2.46. The standard InChI is InChI=1S/C18H24FN3O4/c1-12-3-4-13(9-15(12)19)10-20-17(24)14-5-7-22(8-6-14)16(23)11-21-18(25)26-2/h3-4,9,14H,5-8,10-11H2,1-2H3,(H,20,24)(H,21,25). The Kier molecular flexibility index (Phi) is 6.94. The summed E-state index contributed by atoms with van der Waals surface area (Å²) in [5.74, 6) is -0.762. The largest absolute Gasteiger partial charge is 0.453 e. The number of alkyl carbamates (subject to hydrolysis) is 1. The number of halogens is 1. The van der Waals surface area contributed by atoms with Gasteiger partial charge >= 0.3 is 6.09 Å². The first-order chi connectivity index (χ1) is 12.4. The second-order valence-electron chi connectivity index (χ2n) is 6.30. The zero-order valence-corrected chi connectivity index (χ0v) is 15.0. The molecule has 8 heteroatoms. The van der Waals surface area contributed by atoms with Crippen molar-refractivity contribution < 1.29 is 23.5 Å². The Balaban J connectivity index is 1.74. The van der Waals surface area contributed by atoms with Crippen molar-refractivity contribution >= 4 is 17.9 Å². The van der Waals surface area contributed by atoms with Crippen LogP contribution in [0.25, 0.3) is 0 Å². The molecule has 26 heavy (non-hydrogen) atoms. The van der Waals surface area contributed by atoms with Gasteiger partial charge in [-0.05, 0) is 37.0 Å². The van der Waals surface area contributed by atoms with E-state index in [9.17, 15) is 18.8 Å². The molecule has 0 aromatic heterocycles. The molecule has 142 valence electrons. The van der Waals surface area contributed by atoms with E-state index in [1.807, 2.05) is 0 Å². The molecule has 0 aliphatic carbocycles. The van der Waals surface area contributed by atoms with Gasteiger partial charge in [-0.25, -0.2) is 9.18 Å². The van der Waals surface area contributed by atoms with E-state index in [2.05, 4.69) is 15.4 Å². The van der Waals surface area contributed by atoms with Crippen LogP contribution in [0.15, 0.2) is 18.2 Å². The fourth-order valence-electron chi connectivity index (χ4n) is 2.80. The number of piperidine rings is 1. The highest BCUT2D eigenvalue weighted by Crippen LogP contribution is 2.18. The molecule has 7 nitrogen and oxygen atoms in total. The molecular formula is C18H24FN3O4. The fourth-order valence-corrected chi connectivity index (χ4v) is 2.80. The summed E-state index contributed by atoms with van der Waals surface area (Å²) < 4.78 is 17.9. The number of aryl methyl sites for hydroxylation is 1. The van der Waals surface area contributed by atoms with Crippen molar-refractivity contribution in [1.29, 1.82) is 0 Å². The van der Waals surface area contributed by atoms with E-state index < -0.39 is 6.09 Å². The van der Waals surface area contributed by atoms with Gasteiger partial charge in [-0.2, -0.15) is 0 Å². The van der Waals surface area contributed by atoms with Gasteiger partial charge in [0.2, 0.25) is 11.8 Å². The Morgan fingerprint density at radius 3 is 2.54 bits per heavy atom. The zero-order valence-electron chi connectivity index (χ0n) is 15.0. The van der Waals surface area contributed by atoms with Gasteiger partial charge in [-0.3, -0.25) is 9.59 Å². The topological polar surface area (TPSA) is 87.7 Å². The smallest absolute Gasteiger partial charge is 0.407 e. The molecular weight excluding hydrogens is 341 g/mol. The molecule has 1 fully saturated rings. The van der Waals surface area contributed by atoms with Gasteiger partial charge < -0.3 is 20.3 Å². The highest BCUT2D eigenvalue weighted by atomic mass is 19.1. The van der Waals surface area contributed by atoms with Crippen LogP contribution >= 0.6 is 0 Å². The van der Waals surface area contributed by atoms with Crippen LogP contribution in [0, 0.1) is 18.7 Å². The monoisotopic (exact) mass is 365 g/mol. The molecule has 0 saturated carbocycles. The SMILES string of the molecule is COC(=O)NCC(=O)N1CCC(C(=O)NCc2ccc(C)c(F)c2)CC1. The van der Waals surface area contributed by atoms with Crippen molar-refractivity contribution in [3.05, 3.63) is 35.1 Å². The Morgan fingerprint density at radius 1 is 1.23 bits per heavy atom. The number of likely N-dealkylation sites (tertiary alicyclic amines) is 1. The fraction of sp³-hybridized carbons (Fsp3) is 0.500. The second kappa shape index (κ2) is 9.17. The minimum absolute atomic E-state index is 0.0919. The first-order valence-corrected chi connectivity index (χ1v) is 8.53. The van der Waals surface area contributed by atoms with E-state index in [-0.39, 0.29) is 36.6 Å². The third kappa shape index (κ3) is 5.44. The number of amides is 3. The van der Waals surface area contributed by atoms with E-state index in [1.165, 1.54) is 13.2 Å². The van der Waals surface area contributed by atoms with Crippen molar-refractivity contribution in [2.24, 2.45) is 5.92 Å². The van der Waals surface area contributed by atoms with Gasteiger partial charge in [-0.15, -0.1) is 0 Å². The maximum absolute atomic E-state index is 13.5. The highest BCUT2D eigenvalue weighted by molar-refractivity contribution is 5.83. The van der Waals surface area contributed by atoms with E-state index >= 15 is 0 Å². The summed E-state index contributed by atoms with van der Waals surface area (Å²) in [6, 6.07) is 4.89. The molecule has 2 rings (SSSR count). The van der Waals surface area contributed by atoms with E-state index in [0.29, 0.717) is 37.1 Å². The molecule has 1 aromatic carbocycles. The van der Waals surface area contributed by atoms with E-state index in [4.69, 9.17) is 0 Å². The van der Waals surface area contributed by atoms with Crippen LogP contribution in [0.5, 0.6) is 0 Å². The molecule has 0 bridgehead atoms. The maximum Gasteiger partial charge on any atom is 0.407 e. The average molecular weight is 365 g/mol. The predicted octanol–water partition coefficient (Wildman–Crippen LogP) is 1.34. The minimum atomic E-state index is -0.653. The van der Waals surface area contributed by atoms with Crippen LogP contribution in [-0.4, -0.2) is 49.6 Å². The molecule has 1 heterocycles. The first-order valence-electron chi connectivity index (χ1n) is 8.53. The number of ether oxygens (including phenoxy) is 1. The van der Waals surface area contributed by atoms with Crippen LogP contribution in [0.2, 0.25) is 0 Å². The summed E-state index contributed by atoms with van der Waals surface area (Å²) >= 11 is 0. The van der Waals surface area contributed by atoms with Gasteiger partial charge in [0.1, 0.15) is 12.4 Å². The summed E-state index contributed by atoms with van der Waals surface area (Å²) in [6.45, 7) is 2.76. The number of methoxy groups -OCH3 is 1. The van der Waals surface area contributed by atoms with Gasteiger partial charge in [0, 0.05) is 25.6 Å².